The van der Waals surface area contributed by atoms with Crippen LogP contribution >= 0.6 is 11.3 Å². The number of hydrogen-bond donors (Lipinski definition) is 1. The summed E-state index contributed by atoms with van der Waals surface area (Å²) in [6.07, 6.45) is -0.813. The zero-order valence-corrected chi connectivity index (χ0v) is 27.3. The van der Waals surface area contributed by atoms with Crippen LogP contribution in [0, 0.1) is 34.3 Å². The maximum atomic E-state index is 14.6. The molecular weight excluding hydrogens is 641 g/mol. The van der Waals surface area contributed by atoms with E-state index >= 15 is 0 Å². The summed E-state index contributed by atoms with van der Waals surface area (Å²) in [7, 11) is 0. The number of likely N-dealkylation sites (tertiary alicyclic amines) is 1. The number of hydrogen-bond acceptors (Lipinski definition) is 6. The normalized spacial score (nSPS) is 23.0. The van der Waals surface area contributed by atoms with Crippen LogP contribution in [0.2, 0.25) is 0 Å². The third-order valence-electron chi connectivity index (χ3n) is 10.6. The number of alkyl halides is 3. The highest BCUT2D eigenvalue weighted by atomic mass is 32.1. The molecule has 3 aromatic rings. The summed E-state index contributed by atoms with van der Waals surface area (Å²) in [6.45, 7) is 4.76. The highest BCUT2D eigenvalue weighted by Gasteiger charge is 2.61. The smallest absolute Gasteiger partial charge is 0.402 e. The van der Waals surface area contributed by atoms with E-state index in [1.807, 2.05) is 17.0 Å². The lowest BCUT2D eigenvalue weighted by Crippen LogP contribution is -2.66. The molecule has 254 valence electrons. The average molecular weight is 680 g/mol. The number of ether oxygens (including phenoxy) is 1. The van der Waals surface area contributed by atoms with Crippen LogP contribution in [0.15, 0.2) is 29.8 Å². The first-order valence-corrected chi connectivity index (χ1v) is 16.8. The highest BCUT2D eigenvalue weighted by Crippen LogP contribution is 2.50. The number of aromatic carboxylic acids is 1. The fourth-order valence-corrected chi connectivity index (χ4v) is 8.41. The molecule has 1 aromatic heterocycles. The topological polar surface area (TPSA) is 83.0 Å². The van der Waals surface area contributed by atoms with Crippen LogP contribution in [0.5, 0.6) is 0 Å². The number of benzene rings is 2. The molecule has 0 unspecified atom stereocenters. The van der Waals surface area contributed by atoms with Crippen molar-refractivity contribution in [2.75, 3.05) is 37.7 Å². The van der Waals surface area contributed by atoms with Crippen LogP contribution < -0.4 is 4.90 Å². The van der Waals surface area contributed by atoms with Gasteiger partial charge in [0.05, 0.1) is 34.7 Å². The first-order chi connectivity index (χ1) is 22.1. The number of fused-ring (bicyclic) bond motifs is 1. The molecule has 3 fully saturated rings. The summed E-state index contributed by atoms with van der Waals surface area (Å²) in [4.78, 5) is 32.5. The van der Waals surface area contributed by atoms with Crippen LogP contribution in [-0.2, 0) is 16.1 Å². The van der Waals surface area contributed by atoms with Gasteiger partial charge in [-0.15, -0.1) is 11.3 Å². The Kier molecular flexibility index (Phi) is 8.78. The summed E-state index contributed by atoms with van der Waals surface area (Å²) in [5.74, 6) is -3.68. The van der Waals surface area contributed by atoms with Crippen LogP contribution in [0.4, 0.5) is 27.6 Å². The van der Waals surface area contributed by atoms with Crippen molar-refractivity contribution in [2.24, 2.45) is 22.7 Å². The molecule has 0 radical (unpaired) electrons. The standard InChI is InChI=1S/C34H38F5N3O4S/c1-19-7-9-20(10-8-19)23-6-4-5-21(26(23)30(43)44)13-46-14-22-12-41(25-11-24(35)27(36)28-29(25)47-18-40-28)15-33(22)16-42(17-33)31(45)32(2,3)34(37,38)39/h4-6,11,18-20,22H,7-10,12-17H2,1-3H3,(H,43,44)/t19?,20?,22-/m0/s1. The second-order valence-corrected chi connectivity index (χ2v) is 15.0. The number of nitrogens with zero attached hydrogens (tertiary/aromatic N) is 3. The number of carbonyl (C=O) groups excluding carboxylic acids is 1. The van der Waals surface area contributed by atoms with E-state index in [0.717, 1.165) is 62.5 Å². The number of carboxylic acids is 1. The van der Waals surface area contributed by atoms with Crippen molar-refractivity contribution in [2.45, 2.75) is 65.2 Å². The zero-order valence-electron chi connectivity index (χ0n) is 26.5. The molecule has 3 heterocycles. The SMILES string of the molecule is CC1CCC(c2cccc(COC[C@@H]3CN(c4cc(F)c(F)c5ncsc45)CC34CN(C(=O)C(C)(C)C(F)(F)F)C4)c2C(=O)O)CC1. The maximum absolute atomic E-state index is 14.6. The predicted molar refractivity (Wildman–Crippen MR) is 168 cm³/mol. The molecule has 1 N–H and O–H groups in total. The molecule has 1 saturated carbocycles. The lowest BCUT2D eigenvalue weighted by molar-refractivity contribution is -0.223. The molecule has 1 atom stereocenters. The molecule has 13 heteroatoms. The second-order valence-electron chi connectivity index (χ2n) is 14.1. The Hall–Kier alpha value is -3.32. The van der Waals surface area contributed by atoms with Crippen molar-refractivity contribution < 1.29 is 41.4 Å². The third kappa shape index (κ3) is 5.98. The molecule has 1 amide bonds. The van der Waals surface area contributed by atoms with Crippen molar-refractivity contribution in [3.8, 4) is 0 Å². The molecule has 7 nitrogen and oxygen atoms in total. The summed E-state index contributed by atoms with van der Waals surface area (Å²) >= 11 is 1.16. The van der Waals surface area contributed by atoms with E-state index < -0.39 is 40.5 Å². The lowest BCUT2D eigenvalue weighted by atomic mass is 9.70. The number of thiazole rings is 1. The summed E-state index contributed by atoms with van der Waals surface area (Å²) < 4.78 is 76.9. The Labute approximate surface area is 273 Å². The summed E-state index contributed by atoms with van der Waals surface area (Å²) in [6, 6.07) is 6.57. The number of halogens is 5. The molecule has 2 saturated heterocycles. The number of aromatic nitrogens is 1. The van der Waals surface area contributed by atoms with Crippen molar-refractivity contribution >= 4 is 39.1 Å². The van der Waals surface area contributed by atoms with Gasteiger partial charge in [-0.25, -0.2) is 18.6 Å². The predicted octanol–water partition coefficient (Wildman–Crippen LogP) is 7.64. The third-order valence-corrected chi connectivity index (χ3v) is 11.5. The fourth-order valence-electron chi connectivity index (χ4n) is 7.58. The summed E-state index contributed by atoms with van der Waals surface area (Å²) in [5.41, 5.74) is 0.115. The Morgan fingerprint density at radius 3 is 2.47 bits per heavy atom. The van der Waals surface area contributed by atoms with E-state index in [4.69, 9.17) is 4.74 Å². The van der Waals surface area contributed by atoms with Crippen LogP contribution in [0.25, 0.3) is 10.2 Å². The van der Waals surface area contributed by atoms with Gasteiger partial charge in [0.1, 0.15) is 10.9 Å². The van der Waals surface area contributed by atoms with Gasteiger partial charge >= 0.3 is 12.1 Å². The van der Waals surface area contributed by atoms with Crippen molar-refractivity contribution in [1.82, 2.24) is 9.88 Å². The van der Waals surface area contributed by atoms with Gasteiger partial charge < -0.3 is 19.6 Å². The van der Waals surface area contributed by atoms with E-state index in [9.17, 15) is 36.6 Å². The molecule has 0 bridgehead atoms. The van der Waals surface area contributed by atoms with Crippen molar-refractivity contribution in [3.05, 3.63) is 58.1 Å². The molecule has 2 aliphatic heterocycles. The number of amides is 1. The minimum atomic E-state index is -4.73. The molecule has 1 aliphatic carbocycles. The zero-order chi connectivity index (χ0) is 33.9. The molecule has 3 aliphatic rings. The molecular formula is C34H38F5N3O4S. The first kappa shape index (κ1) is 33.6. The quantitative estimate of drug-likeness (QED) is 0.247. The summed E-state index contributed by atoms with van der Waals surface area (Å²) in [5, 5.41) is 10.2. The number of rotatable bonds is 8. The van der Waals surface area contributed by atoms with Gasteiger partial charge in [0.2, 0.25) is 5.91 Å². The van der Waals surface area contributed by atoms with Crippen LogP contribution in [-0.4, -0.2) is 65.8 Å². The molecule has 2 aromatic carbocycles. The Morgan fingerprint density at radius 2 is 1.81 bits per heavy atom. The van der Waals surface area contributed by atoms with E-state index in [1.54, 1.807) is 6.07 Å². The van der Waals surface area contributed by atoms with Gasteiger partial charge in [-0.2, -0.15) is 13.2 Å². The van der Waals surface area contributed by atoms with Crippen LogP contribution in [0.3, 0.4) is 0 Å². The van der Waals surface area contributed by atoms with Gasteiger partial charge in [-0.3, -0.25) is 4.79 Å². The van der Waals surface area contributed by atoms with Gasteiger partial charge in [0.15, 0.2) is 11.6 Å². The Morgan fingerprint density at radius 1 is 1.11 bits per heavy atom. The van der Waals surface area contributed by atoms with Crippen LogP contribution in [0.1, 0.15) is 73.9 Å². The van der Waals surface area contributed by atoms with E-state index in [0.29, 0.717) is 28.4 Å². The van der Waals surface area contributed by atoms with Gasteiger partial charge in [0.25, 0.3) is 0 Å². The molecule has 1 spiro atoms. The van der Waals surface area contributed by atoms with Gasteiger partial charge in [-0.05, 0) is 49.7 Å². The first-order valence-electron chi connectivity index (χ1n) is 15.9. The fraction of sp³-hybridized carbons (Fsp3) is 0.559. The van der Waals surface area contributed by atoms with Crippen molar-refractivity contribution in [3.63, 3.8) is 0 Å². The Bertz CT molecular complexity index is 1680. The number of anilines is 1. The highest BCUT2D eigenvalue weighted by molar-refractivity contribution is 7.17. The van der Waals surface area contributed by atoms with Gasteiger partial charge in [0, 0.05) is 43.6 Å². The maximum Gasteiger partial charge on any atom is 0.402 e. The minimum absolute atomic E-state index is 0.0131. The lowest BCUT2D eigenvalue weighted by Gasteiger charge is -2.52. The average Bonchev–Trinajstić information content (AvgIpc) is 3.64. The van der Waals surface area contributed by atoms with Gasteiger partial charge in [-0.1, -0.05) is 38.0 Å². The second kappa shape index (κ2) is 12.3. The number of carbonyl (C=O) groups is 2. The van der Waals surface area contributed by atoms with E-state index in [-0.39, 0.29) is 55.8 Å². The monoisotopic (exact) mass is 679 g/mol. The minimum Gasteiger partial charge on any atom is -0.478 e. The molecule has 47 heavy (non-hydrogen) atoms. The number of carboxylic acid groups (broad SMARTS) is 1. The van der Waals surface area contributed by atoms with Crippen molar-refractivity contribution in [1.29, 1.82) is 0 Å². The van der Waals surface area contributed by atoms with E-state index in [2.05, 4.69) is 11.9 Å². The largest absolute Gasteiger partial charge is 0.478 e. The van der Waals surface area contributed by atoms with E-state index in [1.165, 1.54) is 10.4 Å². The Balaban J connectivity index is 1.24. The molecule has 6 rings (SSSR count).